The number of hydrogen-bond acceptors (Lipinski definition) is 5. The van der Waals surface area contributed by atoms with Crippen LogP contribution >= 0.6 is 11.6 Å². The molecule has 2 heterocycles. The number of anilines is 1. The number of aromatic nitrogens is 2. The predicted octanol–water partition coefficient (Wildman–Crippen LogP) is 3.78. The summed E-state index contributed by atoms with van der Waals surface area (Å²) in [5, 5.41) is 13.4. The predicted molar refractivity (Wildman–Crippen MR) is 95.6 cm³/mol. The summed E-state index contributed by atoms with van der Waals surface area (Å²) in [6.07, 6.45) is 0.303. The smallest absolute Gasteiger partial charge is 0.257 e. The monoisotopic (exact) mass is 364 g/mol. The average molecular weight is 365 g/mol. The number of carbonyl (C=O) groups excluding carboxylic acids is 1. The highest BCUT2D eigenvalue weighted by atomic mass is 35.5. The molecule has 0 aliphatic carbocycles. The summed E-state index contributed by atoms with van der Waals surface area (Å²) in [5.74, 6) is 0.683. The maximum atomic E-state index is 12.4. The van der Waals surface area contributed by atoms with E-state index in [2.05, 4.69) is 16.2 Å². The maximum Gasteiger partial charge on any atom is 0.257 e. The number of amides is 1. The molecule has 6 nitrogen and oxygen atoms in total. The highest BCUT2D eigenvalue weighted by Gasteiger charge is 2.35. The van der Waals surface area contributed by atoms with Gasteiger partial charge in [0.1, 0.15) is 0 Å². The van der Waals surface area contributed by atoms with Gasteiger partial charge in [-0.25, -0.2) is 0 Å². The molecule has 1 aliphatic heterocycles. The normalized spacial score (nSPS) is 16.7. The lowest BCUT2D eigenvalue weighted by Crippen LogP contribution is -2.24. The fraction of sp³-hybridized carbons (Fsp3) is 0.158. The van der Waals surface area contributed by atoms with Gasteiger partial charge in [0.25, 0.3) is 5.89 Å². The molecular formula is C19H13ClN4O2. The van der Waals surface area contributed by atoms with Crippen LogP contribution in [0.15, 0.2) is 53.1 Å². The number of carbonyl (C=O) groups is 1. The molecule has 4 rings (SSSR count). The second kappa shape index (κ2) is 6.62. The van der Waals surface area contributed by atoms with Crippen molar-refractivity contribution in [3.63, 3.8) is 0 Å². The Morgan fingerprint density at radius 3 is 2.69 bits per heavy atom. The first-order chi connectivity index (χ1) is 12.7. The van der Waals surface area contributed by atoms with Crippen LogP contribution in [0.2, 0.25) is 5.02 Å². The largest absolute Gasteiger partial charge is 0.334 e. The van der Waals surface area contributed by atoms with E-state index in [0.29, 0.717) is 41.0 Å². The van der Waals surface area contributed by atoms with Gasteiger partial charge >= 0.3 is 0 Å². The number of nitrogens with zero attached hydrogens (tertiary/aromatic N) is 4. The average Bonchev–Trinajstić information content (AvgIpc) is 3.29. The van der Waals surface area contributed by atoms with Crippen LogP contribution in [0.4, 0.5) is 5.69 Å². The molecule has 1 aromatic heterocycles. The fourth-order valence-corrected chi connectivity index (χ4v) is 3.23. The highest BCUT2D eigenvalue weighted by Crippen LogP contribution is 2.34. The van der Waals surface area contributed by atoms with Crippen LogP contribution in [0.5, 0.6) is 0 Å². The van der Waals surface area contributed by atoms with E-state index >= 15 is 0 Å². The third kappa shape index (κ3) is 2.93. The topological polar surface area (TPSA) is 83.0 Å². The van der Waals surface area contributed by atoms with Crippen LogP contribution in [-0.4, -0.2) is 22.6 Å². The number of benzene rings is 2. The summed E-state index contributed by atoms with van der Waals surface area (Å²) in [5.41, 5.74) is 1.98. The zero-order valence-electron chi connectivity index (χ0n) is 13.6. The van der Waals surface area contributed by atoms with Crippen LogP contribution in [0.3, 0.4) is 0 Å². The number of para-hydroxylation sites is 1. The number of hydrogen-bond donors (Lipinski definition) is 0. The van der Waals surface area contributed by atoms with Crippen molar-refractivity contribution in [2.75, 3.05) is 11.4 Å². The second-order valence-corrected chi connectivity index (χ2v) is 6.41. The van der Waals surface area contributed by atoms with E-state index in [4.69, 9.17) is 21.4 Å². The Bertz CT molecular complexity index is 1010. The van der Waals surface area contributed by atoms with E-state index in [1.54, 1.807) is 35.2 Å². The molecule has 1 atom stereocenters. The van der Waals surface area contributed by atoms with Gasteiger partial charge in [-0.2, -0.15) is 10.2 Å². The van der Waals surface area contributed by atoms with Gasteiger partial charge in [-0.3, -0.25) is 4.79 Å². The lowest BCUT2D eigenvalue weighted by atomic mass is 10.1. The first-order valence-electron chi connectivity index (χ1n) is 8.05. The van der Waals surface area contributed by atoms with Gasteiger partial charge in [0.05, 0.1) is 22.3 Å². The van der Waals surface area contributed by atoms with E-state index in [9.17, 15) is 4.79 Å². The van der Waals surface area contributed by atoms with Gasteiger partial charge in [-0.1, -0.05) is 28.9 Å². The minimum atomic E-state index is -0.158. The van der Waals surface area contributed by atoms with E-state index in [0.717, 1.165) is 5.56 Å². The van der Waals surface area contributed by atoms with E-state index in [1.165, 1.54) is 0 Å². The molecule has 0 spiro atoms. The van der Waals surface area contributed by atoms with Crippen molar-refractivity contribution < 1.29 is 9.32 Å². The molecule has 7 heteroatoms. The minimum Gasteiger partial charge on any atom is -0.334 e. The first kappa shape index (κ1) is 16.3. The SMILES string of the molecule is N#Cc1ccc(-c2nc(C3CC(=O)N(c4ccccc4Cl)C3)no2)cc1. The Kier molecular flexibility index (Phi) is 4.15. The molecule has 3 aromatic rings. The number of halogens is 1. The quantitative estimate of drug-likeness (QED) is 0.706. The molecule has 0 radical (unpaired) electrons. The molecular weight excluding hydrogens is 352 g/mol. The van der Waals surface area contributed by atoms with Gasteiger partial charge in [-0.05, 0) is 36.4 Å². The summed E-state index contributed by atoms with van der Waals surface area (Å²) in [6.45, 7) is 0.453. The summed E-state index contributed by atoms with van der Waals surface area (Å²) in [7, 11) is 0. The second-order valence-electron chi connectivity index (χ2n) is 6.00. The van der Waals surface area contributed by atoms with Crippen molar-refractivity contribution >= 4 is 23.2 Å². The summed E-state index contributed by atoms with van der Waals surface area (Å²) < 4.78 is 5.34. The van der Waals surface area contributed by atoms with Crippen molar-refractivity contribution in [3.05, 3.63) is 64.9 Å². The molecule has 2 aromatic carbocycles. The standard InChI is InChI=1S/C19H13ClN4O2/c20-15-3-1-2-4-16(15)24-11-14(9-17(24)25)18-22-19(26-23-18)13-7-5-12(10-21)6-8-13/h1-8,14H,9,11H2. The zero-order valence-corrected chi connectivity index (χ0v) is 14.3. The van der Waals surface area contributed by atoms with Gasteiger partial charge in [-0.15, -0.1) is 0 Å². The Morgan fingerprint density at radius 2 is 1.96 bits per heavy atom. The van der Waals surface area contributed by atoms with Crippen molar-refractivity contribution in [2.24, 2.45) is 0 Å². The Hall–Kier alpha value is -3.17. The van der Waals surface area contributed by atoms with Gasteiger partial charge in [0, 0.05) is 24.4 Å². The summed E-state index contributed by atoms with van der Waals surface area (Å²) in [6, 6.07) is 16.2. The van der Waals surface area contributed by atoms with Crippen molar-refractivity contribution in [3.8, 4) is 17.5 Å². The minimum absolute atomic E-state index is 0.0205. The number of nitriles is 1. The van der Waals surface area contributed by atoms with Gasteiger partial charge in [0.2, 0.25) is 5.91 Å². The Balaban J connectivity index is 1.56. The molecule has 26 heavy (non-hydrogen) atoms. The van der Waals surface area contributed by atoms with Crippen LogP contribution in [0, 0.1) is 11.3 Å². The highest BCUT2D eigenvalue weighted by molar-refractivity contribution is 6.33. The molecule has 0 bridgehead atoms. The lowest BCUT2D eigenvalue weighted by Gasteiger charge is -2.17. The van der Waals surface area contributed by atoms with Gasteiger partial charge in [0.15, 0.2) is 5.82 Å². The molecule has 1 fully saturated rings. The summed E-state index contributed by atoms with van der Waals surface area (Å²) in [4.78, 5) is 18.5. The van der Waals surface area contributed by atoms with Crippen molar-refractivity contribution in [2.45, 2.75) is 12.3 Å². The van der Waals surface area contributed by atoms with Crippen LogP contribution < -0.4 is 4.90 Å². The molecule has 1 unspecified atom stereocenters. The maximum absolute atomic E-state index is 12.4. The van der Waals surface area contributed by atoms with Crippen LogP contribution in [-0.2, 0) is 4.79 Å². The third-order valence-corrected chi connectivity index (χ3v) is 4.66. The van der Waals surface area contributed by atoms with E-state index in [-0.39, 0.29) is 11.8 Å². The molecule has 1 aliphatic rings. The van der Waals surface area contributed by atoms with Crippen LogP contribution in [0.1, 0.15) is 23.7 Å². The van der Waals surface area contributed by atoms with E-state index in [1.807, 2.05) is 18.2 Å². The first-order valence-corrected chi connectivity index (χ1v) is 8.42. The van der Waals surface area contributed by atoms with E-state index < -0.39 is 0 Å². The molecule has 1 amide bonds. The number of rotatable bonds is 3. The third-order valence-electron chi connectivity index (χ3n) is 4.34. The summed E-state index contributed by atoms with van der Waals surface area (Å²) >= 11 is 6.21. The van der Waals surface area contributed by atoms with Crippen molar-refractivity contribution in [1.29, 1.82) is 5.26 Å². The fourth-order valence-electron chi connectivity index (χ4n) is 2.99. The van der Waals surface area contributed by atoms with Gasteiger partial charge < -0.3 is 9.42 Å². The van der Waals surface area contributed by atoms with Crippen molar-refractivity contribution in [1.82, 2.24) is 10.1 Å². The zero-order chi connectivity index (χ0) is 18.1. The molecule has 1 saturated heterocycles. The Labute approximate surface area is 154 Å². The lowest BCUT2D eigenvalue weighted by molar-refractivity contribution is -0.117. The van der Waals surface area contributed by atoms with Crippen LogP contribution in [0.25, 0.3) is 11.5 Å². The molecule has 0 saturated carbocycles. The Morgan fingerprint density at radius 1 is 1.19 bits per heavy atom. The molecule has 0 N–H and O–H groups in total. The molecule has 128 valence electrons.